The Kier molecular flexibility index (Phi) is 6.63. The van der Waals surface area contributed by atoms with Crippen molar-refractivity contribution in [3.05, 3.63) is 17.0 Å². The number of piperazine rings is 1. The number of rotatable bonds is 5. The van der Waals surface area contributed by atoms with Crippen molar-refractivity contribution in [2.75, 3.05) is 39.3 Å². The number of aromatic nitrogens is 1. The zero-order chi connectivity index (χ0) is 19.3. The smallest absolute Gasteiger partial charge is 0.410 e. The minimum absolute atomic E-state index is 0.143. The van der Waals surface area contributed by atoms with Crippen LogP contribution in [0.4, 0.5) is 4.79 Å². The topological polar surface area (TPSA) is 87.9 Å². The minimum Gasteiger partial charge on any atom is -0.444 e. The molecule has 1 N–H and O–H groups in total. The first-order valence-electron chi connectivity index (χ1n) is 9.09. The van der Waals surface area contributed by atoms with Gasteiger partial charge in [-0.3, -0.25) is 9.69 Å². The Morgan fingerprint density at radius 1 is 1.19 bits per heavy atom. The van der Waals surface area contributed by atoms with Crippen LogP contribution < -0.4 is 5.32 Å². The highest BCUT2D eigenvalue weighted by Gasteiger charge is 2.25. The molecule has 1 aromatic heterocycles. The monoisotopic (exact) mass is 366 g/mol. The molecule has 1 saturated heterocycles. The third kappa shape index (κ3) is 5.72. The highest BCUT2D eigenvalue weighted by Crippen LogP contribution is 2.13. The Morgan fingerprint density at radius 3 is 2.38 bits per heavy atom. The number of aryl methyl sites for hydroxylation is 2. The van der Waals surface area contributed by atoms with Gasteiger partial charge in [-0.25, -0.2) is 4.79 Å². The molecule has 0 unspecified atom stereocenters. The van der Waals surface area contributed by atoms with Gasteiger partial charge in [0.1, 0.15) is 16.9 Å². The van der Waals surface area contributed by atoms with Crippen LogP contribution in [0.3, 0.4) is 0 Å². The van der Waals surface area contributed by atoms with E-state index in [0.717, 1.165) is 26.1 Å². The first-order chi connectivity index (χ1) is 12.2. The zero-order valence-corrected chi connectivity index (χ0v) is 16.4. The summed E-state index contributed by atoms with van der Waals surface area (Å²) in [5.41, 5.74) is 0.669. The Hall–Kier alpha value is -2.09. The predicted molar refractivity (Wildman–Crippen MR) is 97.2 cm³/mol. The van der Waals surface area contributed by atoms with Gasteiger partial charge in [-0.1, -0.05) is 5.16 Å². The van der Waals surface area contributed by atoms with Crippen molar-refractivity contribution in [1.29, 1.82) is 0 Å². The Morgan fingerprint density at radius 2 is 1.85 bits per heavy atom. The first-order valence-corrected chi connectivity index (χ1v) is 9.09. The zero-order valence-electron chi connectivity index (χ0n) is 16.4. The molecule has 1 aromatic rings. The molecule has 1 fully saturated rings. The van der Waals surface area contributed by atoms with E-state index in [1.165, 1.54) is 0 Å². The van der Waals surface area contributed by atoms with Crippen LogP contribution in [-0.2, 0) is 4.74 Å². The van der Waals surface area contributed by atoms with E-state index in [0.29, 0.717) is 36.7 Å². The van der Waals surface area contributed by atoms with E-state index in [1.807, 2.05) is 20.8 Å². The van der Waals surface area contributed by atoms with Gasteiger partial charge in [0.25, 0.3) is 5.91 Å². The number of hydrogen-bond acceptors (Lipinski definition) is 6. The molecule has 26 heavy (non-hydrogen) atoms. The summed E-state index contributed by atoms with van der Waals surface area (Å²) < 4.78 is 10.4. The van der Waals surface area contributed by atoms with Crippen molar-refractivity contribution in [1.82, 2.24) is 20.3 Å². The molecular formula is C18H30N4O4. The van der Waals surface area contributed by atoms with Gasteiger partial charge in [-0.15, -0.1) is 0 Å². The van der Waals surface area contributed by atoms with Crippen molar-refractivity contribution in [3.8, 4) is 0 Å². The van der Waals surface area contributed by atoms with Gasteiger partial charge >= 0.3 is 6.09 Å². The van der Waals surface area contributed by atoms with Gasteiger partial charge in [0.05, 0.1) is 5.69 Å². The molecule has 146 valence electrons. The average molecular weight is 366 g/mol. The van der Waals surface area contributed by atoms with Crippen molar-refractivity contribution in [2.45, 2.75) is 46.6 Å². The molecule has 0 atom stereocenters. The number of amides is 2. The summed E-state index contributed by atoms with van der Waals surface area (Å²) in [7, 11) is 0. The van der Waals surface area contributed by atoms with E-state index < -0.39 is 5.60 Å². The number of ether oxygens (including phenoxy) is 1. The van der Waals surface area contributed by atoms with E-state index >= 15 is 0 Å². The molecule has 1 aliphatic rings. The lowest BCUT2D eigenvalue weighted by Crippen LogP contribution is -2.50. The van der Waals surface area contributed by atoms with E-state index in [-0.39, 0.29) is 12.0 Å². The highest BCUT2D eigenvalue weighted by atomic mass is 16.6. The summed E-state index contributed by atoms with van der Waals surface area (Å²) in [5.74, 6) is 0.397. The number of hydrogen-bond donors (Lipinski definition) is 1. The highest BCUT2D eigenvalue weighted by molar-refractivity contribution is 5.96. The van der Waals surface area contributed by atoms with Crippen LogP contribution >= 0.6 is 0 Å². The largest absolute Gasteiger partial charge is 0.444 e. The van der Waals surface area contributed by atoms with Crippen LogP contribution in [0, 0.1) is 13.8 Å². The molecule has 8 nitrogen and oxygen atoms in total. The molecule has 0 spiro atoms. The molecular weight excluding hydrogens is 336 g/mol. The molecule has 2 heterocycles. The fraction of sp³-hybridized carbons (Fsp3) is 0.722. The molecule has 0 bridgehead atoms. The van der Waals surface area contributed by atoms with Crippen molar-refractivity contribution in [2.24, 2.45) is 0 Å². The van der Waals surface area contributed by atoms with Crippen LogP contribution in [-0.4, -0.2) is 71.8 Å². The van der Waals surface area contributed by atoms with E-state index in [1.54, 1.807) is 18.7 Å². The van der Waals surface area contributed by atoms with Gasteiger partial charge in [0.2, 0.25) is 0 Å². The fourth-order valence-electron chi connectivity index (χ4n) is 2.88. The van der Waals surface area contributed by atoms with E-state index in [2.05, 4.69) is 15.4 Å². The summed E-state index contributed by atoms with van der Waals surface area (Å²) in [5, 5.41) is 6.70. The Bertz CT molecular complexity index is 608. The van der Waals surface area contributed by atoms with Crippen molar-refractivity contribution in [3.63, 3.8) is 0 Å². The molecule has 0 radical (unpaired) electrons. The number of nitrogens with zero attached hydrogens (tertiary/aromatic N) is 3. The lowest BCUT2D eigenvalue weighted by atomic mass is 10.2. The normalized spacial score (nSPS) is 15.8. The van der Waals surface area contributed by atoms with Gasteiger partial charge in [0, 0.05) is 32.7 Å². The van der Waals surface area contributed by atoms with Gasteiger partial charge in [-0.2, -0.15) is 0 Å². The summed E-state index contributed by atoms with van der Waals surface area (Å²) >= 11 is 0. The average Bonchev–Trinajstić information content (AvgIpc) is 2.89. The van der Waals surface area contributed by atoms with Crippen molar-refractivity contribution >= 4 is 12.0 Å². The second kappa shape index (κ2) is 8.53. The van der Waals surface area contributed by atoms with Crippen LogP contribution in [0.5, 0.6) is 0 Å². The molecule has 2 amide bonds. The standard InChI is InChI=1S/C18H30N4O4/c1-13-15(14(2)26-20-13)16(23)19-7-6-8-21-9-11-22(12-10-21)17(24)25-18(3,4)5/h6-12H2,1-5H3,(H,19,23). The third-order valence-electron chi connectivity index (χ3n) is 4.22. The minimum atomic E-state index is -0.465. The lowest BCUT2D eigenvalue weighted by molar-refractivity contribution is 0.0144. The predicted octanol–water partition coefficient (Wildman–Crippen LogP) is 1.96. The second-order valence-electron chi connectivity index (χ2n) is 7.62. The van der Waals surface area contributed by atoms with Gasteiger partial charge in [-0.05, 0) is 47.6 Å². The summed E-state index contributed by atoms with van der Waals surface area (Å²) in [6.45, 7) is 13.6. The van der Waals surface area contributed by atoms with E-state index in [9.17, 15) is 9.59 Å². The molecule has 2 rings (SSSR count). The summed E-state index contributed by atoms with van der Waals surface area (Å²) in [6.07, 6.45) is 0.602. The fourth-order valence-corrected chi connectivity index (χ4v) is 2.88. The molecule has 0 aromatic carbocycles. The molecule has 8 heteroatoms. The molecule has 1 aliphatic heterocycles. The van der Waals surface area contributed by atoms with E-state index in [4.69, 9.17) is 9.26 Å². The number of carbonyl (C=O) groups excluding carboxylic acids is 2. The van der Waals surface area contributed by atoms with Crippen molar-refractivity contribution < 1.29 is 18.8 Å². The lowest BCUT2D eigenvalue weighted by Gasteiger charge is -2.35. The quantitative estimate of drug-likeness (QED) is 0.802. The maximum atomic E-state index is 12.1. The Labute approximate surface area is 154 Å². The third-order valence-corrected chi connectivity index (χ3v) is 4.22. The van der Waals surface area contributed by atoms with Gasteiger partial charge in [0.15, 0.2) is 0 Å². The van der Waals surface area contributed by atoms with Gasteiger partial charge < -0.3 is 19.5 Å². The van der Waals surface area contributed by atoms with Crippen LogP contribution in [0.25, 0.3) is 0 Å². The molecule has 0 aliphatic carbocycles. The molecule has 0 saturated carbocycles. The maximum Gasteiger partial charge on any atom is 0.410 e. The number of nitrogens with one attached hydrogen (secondary N) is 1. The van der Waals surface area contributed by atoms with Crippen LogP contribution in [0.2, 0.25) is 0 Å². The summed E-state index contributed by atoms with van der Waals surface area (Å²) in [6, 6.07) is 0. The SMILES string of the molecule is Cc1noc(C)c1C(=O)NCCCN1CCN(C(=O)OC(C)(C)C)CC1. The van der Waals surface area contributed by atoms with Crippen LogP contribution in [0.15, 0.2) is 4.52 Å². The Balaban J connectivity index is 1.65. The first kappa shape index (κ1) is 20.2. The number of carbonyl (C=O) groups is 2. The summed E-state index contributed by atoms with van der Waals surface area (Å²) in [4.78, 5) is 28.2. The van der Waals surface area contributed by atoms with Crippen LogP contribution in [0.1, 0.15) is 49.0 Å². The maximum absolute atomic E-state index is 12.1. The second-order valence-corrected chi connectivity index (χ2v) is 7.62.